The molecule has 112 valence electrons. The van der Waals surface area contributed by atoms with Crippen LogP contribution in [-0.4, -0.2) is 63.8 Å². The second kappa shape index (κ2) is 5.67. The Kier molecular flexibility index (Phi) is 3.72. The van der Waals surface area contributed by atoms with Crippen LogP contribution in [0.5, 0.6) is 0 Å². The molecule has 1 aromatic heterocycles. The van der Waals surface area contributed by atoms with Crippen molar-refractivity contribution in [3.8, 4) is 0 Å². The Bertz CT molecular complexity index is 533. The van der Waals surface area contributed by atoms with Crippen molar-refractivity contribution >= 4 is 17.6 Å². The van der Waals surface area contributed by atoms with Crippen LogP contribution in [0.3, 0.4) is 0 Å². The molecule has 21 heavy (non-hydrogen) atoms. The van der Waals surface area contributed by atoms with E-state index in [9.17, 15) is 9.59 Å². The highest BCUT2D eigenvalue weighted by molar-refractivity contribution is 5.92. The number of carbonyl (C=O) groups excluding carboxylic acids is 2. The summed E-state index contributed by atoms with van der Waals surface area (Å²) in [6.07, 6.45) is 5.47. The van der Waals surface area contributed by atoms with Crippen molar-refractivity contribution in [3.05, 3.63) is 18.1 Å². The van der Waals surface area contributed by atoms with Crippen LogP contribution in [0.15, 0.2) is 12.4 Å². The average molecular weight is 289 g/mol. The van der Waals surface area contributed by atoms with Crippen LogP contribution in [-0.2, 0) is 4.79 Å². The van der Waals surface area contributed by atoms with E-state index in [1.807, 2.05) is 0 Å². The molecule has 1 saturated carbocycles. The molecule has 2 amide bonds. The molecule has 2 aliphatic rings. The van der Waals surface area contributed by atoms with Gasteiger partial charge < -0.3 is 15.1 Å². The minimum atomic E-state index is -0.122. The average Bonchev–Trinajstić information content (AvgIpc) is 3.31. The normalized spacial score (nSPS) is 18.5. The Morgan fingerprint density at radius 3 is 2.29 bits per heavy atom. The second-order valence-corrected chi connectivity index (χ2v) is 5.50. The Balaban J connectivity index is 1.58. The number of nitrogens with one attached hydrogen (secondary N) is 1. The standard InChI is InChI=1S/C14H19N5O2/c1-10(20)18-4-6-19(7-5-18)14(21)12-8-16-13(9-15-12)17-11-2-3-11/h8-9,11H,2-7H2,1H3,(H,16,17). The van der Waals surface area contributed by atoms with E-state index >= 15 is 0 Å². The molecule has 1 N–H and O–H groups in total. The Morgan fingerprint density at radius 2 is 1.76 bits per heavy atom. The molecule has 3 rings (SSSR count). The van der Waals surface area contributed by atoms with Gasteiger partial charge in [-0.15, -0.1) is 0 Å². The summed E-state index contributed by atoms with van der Waals surface area (Å²) in [5.74, 6) is 0.650. The molecule has 0 atom stereocenters. The number of hydrogen-bond donors (Lipinski definition) is 1. The predicted octanol–water partition coefficient (Wildman–Crippen LogP) is 0.355. The largest absolute Gasteiger partial charge is 0.366 e. The predicted molar refractivity (Wildman–Crippen MR) is 76.8 cm³/mol. The quantitative estimate of drug-likeness (QED) is 0.869. The minimum absolute atomic E-state index is 0.0531. The van der Waals surface area contributed by atoms with Crippen LogP contribution < -0.4 is 5.32 Å². The number of amides is 2. The third-order valence-electron chi connectivity index (χ3n) is 3.81. The first-order valence-corrected chi connectivity index (χ1v) is 7.27. The highest BCUT2D eigenvalue weighted by Gasteiger charge is 2.25. The van der Waals surface area contributed by atoms with Crippen molar-refractivity contribution in [1.82, 2.24) is 19.8 Å². The maximum atomic E-state index is 12.3. The van der Waals surface area contributed by atoms with Crippen LogP contribution in [0.25, 0.3) is 0 Å². The van der Waals surface area contributed by atoms with Gasteiger partial charge >= 0.3 is 0 Å². The summed E-state index contributed by atoms with van der Waals surface area (Å²) < 4.78 is 0. The van der Waals surface area contributed by atoms with Gasteiger partial charge in [-0.3, -0.25) is 9.59 Å². The second-order valence-electron chi connectivity index (χ2n) is 5.50. The maximum absolute atomic E-state index is 12.3. The van der Waals surface area contributed by atoms with Gasteiger partial charge in [-0.25, -0.2) is 9.97 Å². The van der Waals surface area contributed by atoms with Crippen molar-refractivity contribution in [2.24, 2.45) is 0 Å². The lowest BCUT2D eigenvalue weighted by Gasteiger charge is -2.33. The highest BCUT2D eigenvalue weighted by Crippen LogP contribution is 2.23. The maximum Gasteiger partial charge on any atom is 0.274 e. The van der Waals surface area contributed by atoms with Gasteiger partial charge in [-0.05, 0) is 12.8 Å². The highest BCUT2D eigenvalue weighted by atomic mass is 16.2. The van der Waals surface area contributed by atoms with E-state index in [0.717, 1.165) is 5.82 Å². The summed E-state index contributed by atoms with van der Waals surface area (Å²) in [7, 11) is 0. The van der Waals surface area contributed by atoms with Crippen molar-refractivity contribution < 1.29 is 9.59 Å². The lowest BCUT2D eigenvalue weighted by molar-refractivity contribution is -0.130. The number of piperazine rings is 1. The van der Waals surface area contributed by atoms with Gasteiger partial charge in [0.1, 0.15) is 11.5 Å². The molecule has 0 unspecified atom stereocenters. The summed E-state index contributed by atoms with van der Waals surface area (Å²) >= 11 is 0. The fourth-order valence-electron chi connectivity index (χ4n) is 2.34. The van der Waals surface area contributed by atoms with Crippen LogP contribution >= 0.6 is 0 Å². The lowest BCUT2D eigenvalue weighted by atomic mass is 10.3. The summed E-state index contributed by atoms with van der Waals surface area (Å²) in [4.78, 5) is 35.5. The molecular weight excluding hydrogens is 270 g/mol. The van der Waals surface area contributed by atoms with Crippen molar-refractivity contribution in [2.45, 2.75) is 25.8 Å². The van der Waals surface area contributed by atoms with E-state index in [2.05, 4.69) is 15.3 Å². The third-order valence-corrected chi connectivity index (χ3v) is 3.81. The van der Waals surface area contributed by atoms with E-state index in [0.29, 0.717) is 37.9 Å². The molecule has 1 aromatic rings. The molecule has 7 heteroatoms. The number of hydrogen-bond acceptors (Lipinski definition) is 5. The lowest BCUT2D eigenvalue weighted by Crippen LogP contribution is -2.50. The van der Waals surface area contributed by atoms with Crippen molar-refractivity contribution in [1.29, 1.82) is 0 Å². The molecule has 7 nitrogen and oxygen atoms in total. The van der Waals surface area contributed by atoms with Crippen LogP contribution in [0.2, 0.25) is 0 Å². The number of nitrogens with zero attached hydrogens (tertiary/aromatic N) is 4. The summed E-state index contributed by atoms with van der Waals surface area (Å²) in [6, 6.07) is 0.514. The molecule has 2 fully saturated rings. The first-order valence-electron chi connectivity index (χ1n) is 7.27. The van der Waals surface area contributed by atoms with Crippen LogP contribution in [0.1, 0.15) is 30.3 Å². The van der Waals surface area contributed by atoms with Crippen LogP contribution in [0.4, 0.5) is 5.82 Å². The third kappa shape index (κ3) is 3.29. The SMILES string of the molecule is CC(=O)N1CCN(C(=O)c2cnc(NC3CC3)cn2)CC1. The summed E-state index contributed by atoms with van der Waals surface area (Å²) in [5, 5.41) is 3.24. The van der Waals surface area contributed by atoms with E-state index < -0.39 is 0 Å². The van der Waals surface area contributed by atoms with E-state index in [1.54, 1.807) is 22.9 Å². The smallest absolute Gasteiger partial charge is 0.274 e. The fourth-order valence-corrected chi connectivity index (χ4v) is 2.34. The molecule has 2 heterocycles. The van der Waals surface area contributed by atoms with Crippen LogP contribution in [0, 0.1) is 0 Å². The fraction of sp³-hybridized carbons (Fsp3) is 0.571. The van der Waals surface area contributed by atoms with E-state index in [4.69, 9.17) is 0 Å². The molecule has 0 spiro atoms. The van der Waals surface area contributed by atoms with Crippen molar-refractivity contribution in [2.75, 3.05) is 31.5 Å². The Morgan fingerprint density at radius 1 is 1.10 bits per heavy atom. The Hall–Kier alpha value is -2.18. The zero-order chi connectivity index (χ0) is 14.8. The molecule has 0 bridgehead atoms. The first-order chi connectivity index (χ1) is 10.1. The van der Waals surface area contributed by atoms with Gasteiger partial charge in [0.15, 0.2) is 0 Å². The van der Waals surface area contributed by atoms with Gasteiger partial charge in [-0.2, -0.15) is 0 Å². The first kappa shape index (κ1) is 13.8. The topological polar surface area (TPSA) is 78.4 Å². The molecular formula is C14H19N5O2. The van der Waals surface area contributed by atoms with E-state index in [1.165, 1.54) is 19.0 Å². The molecule has 0 aromatic carbocycles. The van der Waals surface area contributed by atoms with Gasteiger partial charge in [0.2, 0.25) is 5.91 Å². The van der Waals surface area contributed by atoms with E-state index in [-0.39, 0.29) is 11.8 Å². The van der Waals surface area contributed by atoms with Gasteiger partial charge in [0.25, 0.3) is 5.91 Å². The van der Waals surface area contributed by atoms with Gasteiger partial charge in [0, 0.05) is 39.1 Å². The zero-order valence-electron chi connectivity index (χ0n) is 12.1. The number of rotatable bonds is 3. The molecule has 0 radical (unpaired) electrons. The number of anilines is 1. The summed E-state index contributed by atoms with van der Waals surface area (Å²) in [6.45, 7) is 3.80. The van der Waals surface area contributed by atoms with Gasteiger partial charge in [-0.1, -0.05) is 0 Å². The number of aromatic nitrogens is 2. The number of carbonyl (C=O) groups is 2. The Labute approximate surface area is 123 Å². The zero-order valence-corrected chi connectivity index (χ0v) is 12.1. The minimum Gasteiger partial charge on any atom is -0.366 e. The molecule has 1 saturated heterocycles. The van der Waals surface area contributed by atoms with Gasteiger partial charge in [0.05, 0.1) is 12.4 Å². The summed E-state index contributed by atoms with van der Waals surface area (Å²) in [5.41, 5.74) is 0.354. The van der Waals surface area contributed by atoms with Crippen molar-refractivity contribution in [3.63, 3.8) is 0 Å². The molecule has 1 aliphatic carbocycles. The monoisotopic (exact) mass is 289 g/mol. The molecule has 1 aliphatic heterocycles.